The second-order valence-electron chi connectivity index (χ2n) is 4.19. The van der Waals surface area contributed by atoms with Crippen LogP contribution in [0.5, 0.6) is 0 Å². The minimum absolute atomic E-state index is 0.135. The van der Waals surface area contributed by atoms with Gasteiger partial charge in [-0.3, -0.25) is 4.90 Å². The number of aliphatic hydroxyl groups is 1. The van der Waals surface area contributed by atoms with E-state index in [1.807, 2.05) is 0 Å². The van der Waals surface area contributed by atoms with Gasteiger partial charge >= 0.3 is 0 Å². The van der Waals surface area contributed by atoms with Gasteiger partial charge in [-0.15, -0.1) is 0 Å². The van der Waals surface area contributed by atoms with Gasteiger partial charge in [0.1, 0.15) is 0 Å². The monoisotopic (exact) mass is 187 g/mol. The van der Waals surface area contributed by atoms with Gasteiger partial charge in [0.05, 0.1) is 12.7 Å². The molecule has 0 aliphatic carbocycles. The highest BCUT2D eigenvalue weighted by molar-refractivity contribution is 4.86. The minimum atomic E-state index is -0.135. The molecule has 0 saturated carbocycles. The summed E-state index contributed by atoms with van der Waals surface area (Å²) in [5.74, 6) is 0.619. The van der Waals surface area contributed by atoms with Crippen molar-refractivity contribution in [1.82, 2.24) is 4.90 Å². The van der Waals surface area contributed by atoms with Gasteiger partial charge in [-0.1, -0.05) is 13.8 Å². The number of β-amino-alcohol motifs (C(OH)–C–C–N with tert-alkyl or cyclic N) is 1. The van der Waals surface area contributed by atoms with Crippen LogP contribution in [-0.4, -0.2) is 49.0 Å². The van der Waals surface area contributed by atoms with E-state index in [-0.39, 0.29) is 6.10 Å². The van der Waals surface area contributed by atoms with Crippen molar-refractivity contribution in [3.05, 3.63) is 0 Å². The molecule has 0 aromatic rings. The van der Waals surface area contributed by atoms with E-state index in [9.17, 15) is 5.11 Å². The lowest BCUT2D eigenvalue weighted by molar-refractivity contribution is 0.120. The maximum absolute atomic E-state index is 9.54. The van der Waals surface area contributed by atoms with Crippen LogP contribution in [0.1, 0.15) is 20.3 Å². The fourth-order valence-corrected chi connectivity index (χ4v) is 2.07. The van der Waals surface area contributed by atoms with E-state index in [1.54, 1.807) is 7.11 Å². The van der Waals surface area contributed by atoms with Crippen LogP contribution in [0.3, 0.4) is 0 Å². The molecular formula is C10H21NO2. The second kappa shape index (κ2) is 4.94. The summed E-state index contributed by atoms with van der Waals surface area (Å²) in [4.78, 5) is 2.33. The van der Waals surface area contributed by atoms with Gasteiger partial charge in [0.2, 0.25) is 0 Å². The summed E-state index contributed by atoms with van der Waals surface area (Å²) < 4.78 is 5.04. The lowest BCUT2D eigenvalue weighted by Crippen LogP contribution is -2.35. The zero-order valence-corrected chi connectivity index (χ0v) is 8.86. The van der Waals surface area contributed by atoms with Crippen molar-refractivity contribution in [2.24, 2.45) is 5.92 Å². The number of rotatable bonds is 4. The van der Waals surface area contributed by atoms with E-state index >= 15 is 0 Å². The number of methoxy groups -OCH3 is 1. The molecule has 2 unspecified atom stereocenters. The molecule has 1 N–H and O–H groups in total. The van der Waals surface area contributed by atoms with E-state index in [0.29, 0.717) is 12.0 Å². The first-order valence-electron chi connectivity index (χ1n) is 5.06. The van der Waals surface area contributed by atoms with Crippen molar-refractivity contribution >= 4 is 0 Å². The molecule has 1 fully saturated rings. The van der Waals surface area contributed by atoms with E-state index in [0.717, 1.165) is 26.1 Å². The van der Waals surface area contributed by atoms with Crippen LogP contribution < -0.4 is 0 Å². The molecule has 3 nitrogen and oxygen atoms in total. The number of nitrogens with zero attached hydrogens (tertiary/aromatic N) is 1. The zero-order chi connectivity index (χ0) is 9.84. The summed E-state index contributed by atoms with van der Waals surface area (Å²) >= 11 is 0. The van der Waals surface area contributed by atoms with Crippen molar-refractivity contribution in [2.75, 3.05) is 26.8 Å². The van der Waals surface area contributed by atoms with Crippen LogP contribution in [0.15, 0.2) is 0 Å². The van der Waals surface area contributed by atoms with Crippen molar-refractivity contribution in [2.45, 2.75) is 32.4 Å². The SMILES string of the molecule is COCCN1CC(O)CC1C(C)C. The normalized spacial score (nSPS) is 30.2. The van der Waals surface area contributed by atoms with E-state index < -0.39 is 0 Å². The van der Waals surface area contributed by atoms with Gasteiger partial charge in [0.25, 0.3) is 0 Å². The van der Waals surface area contributed by atoms with E-state index in [2.05, 4.69) is 18.7 Å². The maximum atomic E-state index is 9.54. The molecule has 3 heteroatoms. The van der Waals surface area contributed by atoms with Crippen LogP contribution in [0.2, 0.25) is 0 Å². The van der Waals surface area contributed by atoms with Crippen LogP contribution in [0.25, 0.3) is 0 Å². The third-order valence-corrected chi connectivity index (χ3v) is 2.78. The van der Waals surface area contributed by atoms with E-state index in [4.69, 9.17) is 4.74 Å². The van der Waals surface area contributed by atoms with Crippen LogP contribution >= 0.6 is 0 Å². The van der Waals surface area contributed by atoms with Gasteiger partial charge in [0.15, 0.2) is 0 Å². The molecule has 13 heavy (non-hydrogen) atoms. The molecule has 0 radical (unpaired) electrons. The van der Waals surface area contributed by atoms with Gasteiger partial charge < -0.3 is 9.84 Å². The standard InChI is InChI=1S/C10H21NO2/c1-8(2)10-6-9(12)7-11(10)4-5-13-3/h8-10,12H,4-7H2,1-3H3. The molecule has 1 aliphatic rings. The molecule has 0 aromatic carbocycles. The molecule has 0 spiro atoms. The molecule has 78 valence electrons. The predicted molar refractivity (Wildman–Crippen MR) is 52.7 cm³/mol. The summed E-state index contributed by atoms with van der Waals surface area (Å²) in [7, 11) is 1.72. The Morgan fingerprint density at radius 2 is 2.23 bits per heavy atom. The van der Waals surface area contributed by atoms with Crippen molar-refractivity contribution in [1.29, 1.82) is 0 Å². The lowest BCUT2D eigenvalue weighted by Gasteiger charge is -2.26. The third kappa shape index (κ3) is 2.93. The Hall–Kier alpha value is -0.120. The fraction of sp³-hybridized carbons (Fsp3) is 1.00. The Balaban J connectivity index is 2.41. The highest BCUT2D eigenvalue weighted by Crippen LogP contribution is 2.23. The highest BCUT2D eigenvalue weighted by atomic mass is 16.5. The number of aliphatic hydroxyl groups excluding tert-OH is 1. The first kappa shape index (κ1) is 11.0. The molecule has 1 rings (SSSR count). The molecule has 0 amide bonds. The van der Waals surface area contributed by atoms with Gasteiger partial charge in [-0.05, 0) is 12.3 Å². The Morgan fingerprint density at radius 1 is 1.54 bits per heavy atom. The van der Waals surface area contributed by atoms with Gasteiger partial charge in [-0.2, -0.15) is 0 Å². The third-order valence-electron chi connectivity index (χ3n) is 2.78. The number of hydrogen-bond donors (Lipinski definition) is 1. The lowest BCUT2D eigenvalue weighted by atomic mass is 10.0. The molecule has 2 atom stereocenters. The molecule has 1 heterocycles. The predicted octanol–water partition coefficient (Wildman–Crippen LogP) is 0.724. The van der Waals surface area contributed by atoms with Gasteiger partial charge in [-0.25, -0.2) is 0 Å². The van der Waals surface area contributed by atoms with Crippen molar-refractivity contribution < 1.29 is 9.84 Å². The summed E-state index contributed by atoms with van der Waals surface area (Å²) in [6.45, 7) is 6.93. The highest BCUT2D eigenvalue weighted by Gasteiger charge is 2.32. The Kier molecular flexibility index (Phi) is 4.16. The molecule has 0 aromatic heterocycles. The molecular weight excluding hydrogens is 166 g/mol. The first-order chi connectivity index (χ1) is 6.15. The summed E-state index contributed by atoms with van der Waals surface area (Å²) in [6.07, 6.45) is 0.783. The Labute approximate surface area is 80.7 Å². The molecule has 1 saturated heterocycles. The Morgan fingerprint density at radius 3 is 2.77 bits per heavy atom. The van der Waals surface area contributed by atoms with E-state index in [1.165, 1.54) is 0 Å². The average Bonchev–Trinajstić information content (AvgIpc) is 2.43. The maximum Gasteiger partial charge on any atom is 0.0682 e. The van der Waals surface area contributed by atoms with Crippen LogP contribution in [0.4, 0.5) is 0 Å². The Bertz CT molecular complexity index is 150. The first-order valence-corrected chi connectivity index (χ1v) is 5.06. The fourth-order valence-electron chi connectivity index (χ4n) is 2.07. The van der Waals surface area contributed by atoms with Crippen molar-refractivity contribution in [3.63, 3.8) is 0 Å². The number of ether oxygens (including phenoxy) is 1. The van der Waals surface area contributed by atoms with Gasteiger partial charge in [0, 0.05) is 26.2 Å². The topological polar surface area (TPSA) is 32.7 Å². The quantitative estimate of drug-likeness (QED) is 0.704. The number of hydrogen-bond acceptors (Lipinski definition) is 3. The average molecular weight is 187 g/mol. The zero-order valence-electron chi connectivity index (χ0n) is 8.86. The smallest absolute Gasteiger partial charge is 0.0682 e. The number of likely N-dealkylation sites (tertiary alicyclic amines) is 1. The molecule has 0 bridgehead atoms. The summed E-state index contributed by atoms with van der Waals surface area (Å²) in [5, 5.41) is 9.54. The minimum Gasteiger partial charge on any atom is -0.392 e. The van der Waals surface area contributed by atoms with Crippen LogP contribution in [0, 0.1) is 5.92 Å². The van der Waals surface area contributed by atoms with Crippen LogP contribution in [-0.2, 0) is 4.74 Å². The summed E-state index contributed by atoms with van der Waals surface area (Å²) in [5.41, 5.74) is 0. The van der Waals surface area contributed by atoms with Crippen molar-refractivity contribution in [3.8, 4) is 0 Å². The summed E-state index contributed by atoms with van der Waals surface area (Å²) in [6, 6.07) is 0.533. The second-order valence-corrected chi connectivity index (χ2v) is 4.19. The largest absolute Gasteiger partial charge is 0.392 e. The molecule has 1 aliphatic heterocycles.